The first-order valence-electron chi connectivity index (χ1n) is 23.8. The van der Waals surface area contributed by atoms with Gasteiger partial charge in [-0.05, 0) is 130 Å². The average molecular weight is 878 g/mol. The lowest BCUT2D eigenvalue weighted by molar-refractivity contribution is 1.30. The largest absolute Gasteiger partial charge is 0.310 e. The highest BCUT2D eigenvalue weighted by Crippen LogP contribution is 2.50. The van der Waals surface area contributed by atoms with Crippen LogP contribution in [0.2, 0.25) is 0 Å². The lowest BCUT2D eigenvalue weighted by atomic mass is 9.84. The van der Waals surface area contributed by atoms with Crippen molar-refractivity contribution in [2.24, 2.45) is 0 Å². The minimum absolute atomic E-state index is 1.07. The Balaban J connectivity index is 1.12. The quantitative estimate of drug-likeness (QED) is 0.124. The highest BCUT2D eigenvalue weighted by molar-refractivity contribution is 6.25. The van der Waals surface area contributed by atoms with E-state index in [1.807, 2.05) is 0 Å². The molecule has 0 aliphatic heterocycles. The van der Waals surface area contributed by atoms with E-state index in [9.17, 15) is 0 Å². The molecule has 0 spiro atoms. The summed E-state index contributed by atoms with van der Waals surface area (Å²) in [5.41, 5.74) is 20.0. The van der Waals surface area contributed by atoms with Gasteiger partial charge in [0.1, 0.15) is 0 Å². The Kier molecular flexibility index (Phi) is 11.0. The fraction of sp³-hybridized carbons (Fsp3) is 0. The van der Waals surface area contributed by atoms with Crippen molar-refractivity contribution in [1.82, 2.24) is 0 Å². The lowest BCUT2D eigenvalue weighted by Gasteiger charge is -2.30. The average Bonchev–Trinajstić information content (AvgIpc) is 3.44. The van der Waals surface area contributed by atoms with Crippen LogP contribution in [0.1, 0.15) is 0 Å². The Labute approximate surface area is 404 Å². The molecule has 12 rings (SSSR count). The molecule has 0 amide bonds. The standard InChI is InChI=1S/C68H47N/c1-7-22-48(23-8-1)55-40-44-58(63(46-55)50-26-11-3-12-27-50)52-38-41-56(42-39-52)69(57-43-45-59(49-24-9-2-10-25-49)64(47-57)51-28-13-4-14-29-51)65-37-21-36-62-67(54-32-17-6-18-33-54)66(53-30-15-5-16-31-53)60-34-19-20-35-61(60)68(62)65/h1-47H. The number of nitrogens with zero attached hydrogens (tertiary/aromatic N) is 1. The first-order chi connectivity index (χ1) is 34.3. The molecule has 0 heterocycles. The first kappa shape index (κ1) is 41.4. The van der Waals surface area contributed by atoms with E-state index in [4.69, 9.17) is 0 Å². The predicted octanol–water partition coefficient (Wildman–Crippen LogP) is 19.1. The van der Waals surface area contributed by atoms with Crippen molar-refractivity contribution in [2.45, 2.75) is 0 Å². The normalized spacial score (nSPS) is 11.2. The van der Waals surface area contributed by atoms with Gasteiger partial charge in [0.25, 0.3) is 0 Å². The van der Waals surface area contributed by atoms with Crippen molar-refractivity contribution in [3.05, 3.63) is 285 Å². The Bertz CT molecular complexity index is 3720. The topological polar surface area (TPSA) is 3.24 Å². The molecular formula is C68H47N. The smallest absolute Gasteiger partial charge is 0.0546 e. The molecule has 0 fully saturated rings. The van der Waals surface area contributed by atoms with Gasteiger partial charge < -0.3 is 4.90 Å². The summed E-state index contributed by atoms with van der Waals surface area (Å²) in [4.78, 5) is 2.48. The molecule has 324 valence electrons. The Morgan fingerprint density at radius 2 is 0.580 bits per heavy atom. The minimum atomic E-state index is 1.07. The summed E-state index contributed by atoms with van der Waals surface area (Å²) in [7, 11) is 0. The van der Waals surface area contributed by atoms with Crippen molar-refractivity contribution in [2.75, 3.05) is 4.90 Å². The zero-order chi connectivity index (χ0) is 45.9. The molecule has 1 heteroatoms. The van der Waals surface area contributed by atoms with Crippen LogP contribution in [0, 0.1) is 0 Å². The van der Waals surface area contributed by atoms with E-state index in [2.05, 4.69) is 290 Å². The summed E-state index contributed by atoms with van der Waals surface area (Å²) in [6, 6.07) is 104. The fourth-order valence-corrected chi connectivity index (χ4v) is 10.3. The van der Waals surface area contributed by atoms with Gasteiger partial charge in [0.15, 0.2) is 0 Å². The van der Waals surface area contributed by atoms with Gasteiger partial charge >= 0.3 is 0 Å². The lowest BCUT2D eigenvalue weighted by Crippen LogP contribution is -2.11. The molecule has 0 aliphatic carbocycles. The van der Waals surface area contributed by atoms with Gasteiger partial charge in [0, 0.05) is 16.8 Å². The van der Waals surface area contributed by atoms with Crippen molar-refractivity contribution in [1.29, 1.82) is 0 Å². The summed E-state index contributed by atoms with van der Waals surface area (Å²) in [5, 5.41) is 4.83. The van der Waals surface area contributed by atoms with Gasteiger partial charge in [-0.15, -0.1) is 0 Å². The third-order valence-electron chi connectivity index (χ3n) is 13.5. The molecule has 0 N–H and O–H groups in total. The molecule has 12 aromatic rings. The van der Waals surface area contributed by atoms with Gasteiger partial charge in [0.2, 0.25) is 0 Å². The zero-order valence-corrected chi connectivity index (χ0v) is 38.1. The molecular weight excluding hydrogens is 831 g/mol. The molecule has 0 saturated heterocycles. The van der Waals surface area contributed by atoms with Crippen molar-refractivity contribution in [3.63, 3.8) is 0 Å². The number of hydrogen-bond donors (Lipinski definition) is 0. The summed E-state index contributed by atoms with van der Waals surface area (Å²) < 4.78 is 0. The van der Waals surface area contributed by atoms with Crippen LogP contribution in [-0.2, 0) is 0 Å². The van der Waals surface area contributed by atoms with E-state index in [1.54, 1.807) is 0 Å². The first-order valence-corrected chi connectivity index (χ1v) is 23.8. The van der Waals surface area contributed by atoms with Crippen LogP contribution < -0.4 is 4.90 Å². The monoisotopic (exact) mass is 877 g/mol. The van der Waals surface area contributed by atoms with Gasteiger partial charge in [-0.3, -0.25) is 0 Å². The molecule has 0 saturated carbocycles. The molecule has 0 unspecified atom stereocenters. The van der Waals surface area contributed by atoms with Crippen LogP contribution in [0.5, 0.6) is 0 Å². The molecule has 0 bridgehead atoms. The van der Waals surface area contributed by atoms with Crippen LogP contribution in [0.4, 0.5) is 17.1 Å². The van der Waals surface area contributed by atoms with E-state index < -0.39 is 0 Å². The Morgan fingerprint density at radius 3 is 1.13 bits per heavy atom. The molecule has 69 heavy (non-hydrogen) atoms. The van der Waals surface area contributed by atoms with E-state index in [0.29, 0.717) is 0 Å². The Morgan fingerprint density at radius 1 is 0.203 bits per heavy atom. The van der Waals surface area contributed by atoms with Crippen LogP contribution >= 0.6 is 0 Å². The number of benzene rings is 12. The molecule has 1 nitrogen and oxygen atoms in total. The second-order valence-corrected chi connectivity index (χ2v) is 17.6. The summed E-state index contributed by atoms with van der Waals surface area (Å²) in [5.74, 6) is 0. The van der Waals surface area contributed by atoms with E-state index in [1.165, 1.54) is 93.9 Å². The highest BCUT2D eigenvalue weighted by Gasteiger charge is 2.24. The summed E-state index contributed by atoms with van der Waals surface area (Å²) in [6.45, 7) is 0. The predicted molar refractivity (Wildman–Crippen MR) is 294 cm³/mol. The van der Waals surface area contributed by atoms with Gasteiger partial charge in [-0.1, -0.05) is 249 Å². The molecule has 0 aromatic heterocycles. The molecule has 0 atom stereocenters. The second-order valence-electron chi connectivity index (χ2n) is 17.6. The van der Waals surface area contributed by atoms with Gasteiger partial charge in [-0.25, -0.2) is 0 Å². The maximum Gasteiger partial charge on any atom is 0.0546 e. The summed E-state index contributed by atoms with van der Waals surface area (Å²) >= 11 is 0. The van der Waals surface area contributed by atoms with Crippen LogP contribution in [0.15, 0.2) is 285 Å². The maximum absolute atomic E-state index is 2.48. The minimum Gasteiger partial charge on any atom is -0.310 e. The van der Waals surface area contributed by atoms with Crippen LogP contribution in [0.3, 0.4) is 0 Å². The zero-order valence-electron chi connectivity index (χ0n) is 38.1. The Hall–Kier alpha value is -9.04. The number of rotatable bonds is 10. The summed E-state index contributed by atoms with van der Waals surface area (Å²) in [6.07, 6.45) is 0. The van der Waals surface area contributed by atoms with Crippen LogP contribution in [0.25, 0.3) is 99.4 Å². The van der Waals surface area contributed by atoms with E-state index in [-0.39, 0.29) is 0 Å². The third-order valence-corrected chi connectivity index (χ3v) is 13.5. The van der Waals surface area contributed by atoms with Crippen molar-refractivity contribution in [3.8, 4) is 77.9 Å². The van der Waals surface area contributed by atoms with Crippen molar-refractivity contribution >= 4 is 38.6 Å². The van der Waals surface area contributed by atoms with Crippen molar-refractivity contribution < 1.29 is 0 Å². The molecule has 0 aliphatic rings. The third kappa shape index (κ3) is 7.86. The molecule has 12 aromatic carbocycles. The highest BCUT2D eigenvalue weighted by atomic mass is 15.1. The number of anilines is 3. The SMILES string of the molecule is c1ccc(-c2ccc(-c3ccc(N(c4ccc(-c5ccccc5)c(-c5ccccc5)c4)c4cccc5c(-c6ccccc6)c(-c6ccccc6)c6ccccc6c45)cc3)c(-c3ccccc3)c2)cc1. The number of fused-ring (bicyclic) bond motifs is 3. The van der Waals surface area contributed by atoms with Gasteiger partial charge in [-0.2, -0.15) is 0 Å². The fourth-order valence-electron chi connectivity index (χ4n) is 10.3. The maximum atomic E-state index is 2.48. The van der Waals surface area contributed by atoms with Gasteiger partial charge in [0.05, 0.1) is 5.69 Å². The number of hydrogen-bond acceptors (Lipinski definition) is 1. The molecule has 0 radical (unpaired) electrons. The van der Waals surface area contributed by atoms with E-state index >= 15 is 0 Å². The van der Waals surface area contributed by atoms with Crippen LogP contribution in [-0.4, -0.2) is 0 Å². The van der Waals surface area contributed by atoms with E-state index in [0.717, 1.165) is 22.6 Å². The second kappa shape index (κ2) is 18.3.